The summed E-state index contributed by atoms with van der Waals surface area (Å²) in [4.78, 5) is 40.1. The van der Waals surface area contributed by atoms with Crippen molar-refractivity contribution in [1.29, 1.82) is 0 Å². The zero-order chi connectivity index (χ0) is 30.6. The number of amides is 3. The summed E-state index contributed by atoms with van der Waals surface area (Å²) in [6.07, 6.45) is 1.23. The Morgan fingerprint density at radius 1 is 1.00 bits per heavy atom. The van der Waals surface area contributed by atoms with Crippen LogP contribution in [0.1, 0.15) is 63.4 Å². The Hall–Kier alpha value is -2.72. The maximum Gasteiger partial charge on any atom is 0.488 e. The molecule has 15 heteroatoms. The van der Waals surface area contributed by atoms with Crippen molar-refractivity contribution in [2.45, 2.75) is 76.0 Å². The van der Waals surface area contributed by atoms with Gasteiger partial charge in [0.15, 0.2) is 0 Å². The standard InChI is InChI=1S/C26H42BF3N6O5/c28-26(29,30)18-14-19(27(40)41)16-20(15-18)34-25(39)22(8-6-17-4-2-1-3-5-17)35-24(38)21(33)7-9-23(37)36(12-10-31)13-11-32/h14-17,21-22,40-41H,1-13,31-33H2,(H,34,39)(H,35,38). The number of carbonyl (C=O) groups is 3. The summed E-state index contributed by atoms with van der Waals surface area (Å²) in [5, 5.41) is 23.9. The molecule has 1 aromatic rings. The second-order valence-corrected chi connectivity index (χ2v) is 10.5. The smallest absolute Gasteiger partial charge is 0.423 e. The van der Waals surface area contributed by atoms with E-state index in [1.165, 1.54) is 4.90 Å². The van der Waals surface area contributed by atoms with Gasteiger partial charge in [0.1, 0.15) is 6.04 Å². The second kappa shape index (κ2) is 16.7. The number of hydrogen-bond acceptors (Lipinski definition) is 8. The summed E-state index contributed by atoms with van der Waals surface area (Å²) in [7, 11) is -2.19. The van der Waals surface area contributed by atoms with Crippen LogP contribution in [-0.2, 0) is 20.6 Å². The highest BCUT2D eigenvalue weighted by molar-refractivity contribution is 6.58. The summed E-state index contributed by atoms with van der Waals surface area (Å²) in [5.41, 5.74) is 15.2. The Morgan fingerprint density at radius 3 is 2.20 bits per heavy atom. The van der Waals surface area contributed by atoms with Crippen LogP contribution in [0.25, 0.3) is 0 Å². The molecule has 0 bridgehead atoms. The number of rotatable bonds is 15. The van der Waals surface area contributed by atoms with Crippen molar-refractivity contribution in [3.05, 3.63) is 23.8 Å². The van der Waals surface area contributed by atoms with Crippen LogP contribution in [0.4, 0.5) is 18.9 Å². The zero-order valence-corrected chi connectivity index (χ0v) is 23.2. The number of hydrogen-bond donors (Lipinski definition) is 7. The third kappa shape index (κ3) is 11.6. The van der Waals surface area contributed by atoms with E-state index in [0.29, 0.717) is 37.6 Å². The number of halogens is 3. The van der Waals surface area contributed by atoms with E-state index in [9.17, 15) is 37.6 Å². The number of nitrogens with zero attached hydrogens (tertiary/aromatic N) is 1. The lowest BCUT2D eigenvalue weighted by atomic mass is 9.79. The molecule has 1 fully saturated rings. The van der Waals surface area contributed by atoms with Crippen molar-refractivity contribution in [3.63, 3.8) is 0 Å². The van der Waals surface area contributed by atoms with Gasteiger partial charge in [0, 0.05) is 38.3 Å². The van der Waals surface area contributed by atoms with E-state index < -0.39 is 48.2 Å². The molecule has 2 atom stereocenters. The Kier molecular flexibility index (Phi) is 14.0. The summed E-state index contributed by atoms with van der Waals surface area (Å²) < 4.78 is 40.1. The van der Waals surface area contributed by atoms with E-state index in [0.717, 1.165) is 38.2 Å². The highest BCUT2D eigenvalue weighted by Gasteiger charge is 2.33. The first-order chi connectivity index (χ1) is 19.3. The van der Waals surface area contributed by atoms with Crippen LogP contribution in [-0.4, -0.2) is 78.1 Å². The fraction of sp³-hybridized carbons (Fsp3) is 0.654. The molecule has 2 unspecified atom stereocenters. The lowest BCUT2D eigenvalue weighted by Gasteiger charge is -2.26. The van der Waals surface area contributed by atoms with Gasteiger partial charge in [0.05, 0.1) is 11.6 Å². The molecule has 0 spiro atoms. The van der Waals surface area contributed by atoms with Gasteiger partial charge in [-0.1, -0.05) is 38.2 Å². The van der Waals surface area contributed by atoms with Crippen LogP contribution in [0.15, 0.2) is 18.2 Å². The summed E-state index contributed by atoms with van der Waals surface area (Å²) >= 11 is 0. The molecule has 230 valence electrons. The lowest BCUT2D eigenvalue weighted by molar-refractivity contribution is -0.137. The predicted molar refractivity (Wildman–Crippen MR) is 150 cm³/mol. The minimum Gasteiger partial charge on any atom is -0.423 e. The van der Waals surface area contributed by atoms with Crippen molar-refractivity contribution in [3.8, 4) is 0 Å². The first kappa shape index (κ1) is 34.5. The SMILES string of the molecule is NCCN(CCN)C(=O)CCC(N)C(=O)NC(CCC1CCCCC1)C(=O)Nc1cc(B(O)O)cc(C(F)(F)F)c1. The fourth-order valence-electron chi connectivity index (χ4n) is 4.93. The van der Waals surface area contributed by atoms with Crippen molar-refractivity contribution in [1.82, 2.24) is 10.2 Å². The van der Waals surface area contributed by atoms with Gasteiger partial charge in [-0.2, -0.15) is 13.2 Å². The van der Waals surface area contributed by atoms with E-state index in [1.807, 2.05) is 0 Å². The maximum atomic E-state index is 13.4. The number of carbonyl (C=O) groups excluding carboxylic acids is 3. The van der Waals surface area contributed by atoms with Gasteiger partial charge in [-0.05, 0) is 42.8 Å². The van der Waals surface area contributed by atoms with Crippen molar-refractivity contribution >= 4 is 36.0 Å². The van der Waals surface area contributed by atoms with Crippen LogP contribution in [0.5, 0.6) is 0 Å². The Bertz CT molecular complexity index is 1000. The van der Waals surface area contributed by atoms with Crippen LogP contribution >= 0.6 is 0 Å². The molecule has 1 aliphatic rings. The van der Waals surface area contributed by atoms with E-state index in [-0.39, 0.29) is 43.9 Å². The molecule has 0 saturated heterocycles. The molecule has 3 amide bonds. The third-order valence-corrected chi connectivity index (χ3v) is 7.23. The monoisotopic (exact) mass is 586 g/mol. The molecule has 41 heavy (non-hydrogen) atoms. The average molecular weight is 586 g/mol. The van der Waals surface area contributed by atoms with Crippen molar-refractivity contribution in [2.24, 2.45) is 23.1 Å². The molecule has 0 aromatic heterocycles. The molecule has 0 radical (unpaired) electrons. The molecule has 1 saturated carbocycles. The Morgan fingerprint density at radius 2 is 1.63 bits per heavy atom. The van der Waals surface area contributed by atoms with Gasteiger partial charge < -0.3 is 42.8 Å². The fourth-order valence-corrected chi connectivity index (χ4v) is 4.93. The zero-order valence-electron chi connectivity index (χ0n) is 23.2. The molecule has 2 rings (SSSR count). The van der Waals surface area contributed by atoms with Crippen LogP contribution in [0.3, 0.4) is 0 Å². The van der Waals surface area contributed by atoms with Gasteiger partial charge in [0.2, 0.25) is 17.7 Å². The van der Waals surface area contributed by atoms with E-state index >= 15 is 0 Å². The maximum absolute atomic E-state index is 13.4. The normalized spacial score (nSPS) is 15.6. The number of nitrogens with two attached hydrogens (primary N) is 3. The topological polar surface area (TPSA) is 197 Å². The van der Waals surface area contributed by atoms with E-state index in [4.69, 9.17) is 17.2 Å². The van der Waals surface area contributed by atoms with Gasteiger partial charge >= 0.3 is 13.3 Å². The van der Waals surface area contributed by atoms with Crippen LogP contribution < -0.4 is 33.3 Å². The van der Waals surface area contributed by atoms with Gasteiger partial charge in [-0.3, -0.25) is 14.4 Å². The minimum atomic E-state index is -4.80. The molecule has 11 nitrogen and oxygen atoms in total. The van der Waals surface area contributed by atoms with Crippen LogP contribution in [0, 0.1) is 5.92 Å². The largest absolute Gasteiger partial charge is 0.488 e. The van der Waals surface area contributed by atoms with Gasteiger partial charge in [-0.15, -0.1) is 0 Å². The Labute approximate surface area is 238 Å². The number of benzene rings is 1. The minimum absolute atomic E-state index is 0.00134. The molecule has 10 N–H and O–H groups in total. The first-order valence-corrected chi connectivity index (χ1v) is 14.0. The lowest BCUT2D eigenvalue weighted by Crippen LogP contribution is -2.50. The highest BCUT2D eigenvalue weighted by atomic mass is 19.4. The average Bonchev–Trinajstić information content (AvgIpc) is 2.93. The number of alkyl halides is 3. The first-order valence-electron chi connectivity index (χ1n) is 14.0. The van der Waals surface area contributed by atoms with Crippen molar-refractivity contribution < 1.29 is 37.6 Å². The quantitative estimate of drug-likeness (QED) is 0.140. The Balaban J connectivity index is 2.14. The molecular weight excluding hydrogens is 544 g/mol. The second-order valence-electron chi connectivity index (χ2n) is 10.5. The highest BCUT2D eigenvalue weighted by Crippen LogP contribution is 2.31. The van der Waals surface area contributed by atoms with E-state index in [1.54, 1.807) is 0 Å². The van der Waals surface area contributed by atoms with Crippen LogP contribution in [0.2, 0.25) is 0 Å². The van der Waals surface area contributed by atoms with Gasteiger partial charge in [0.25, 0.3) is 0 Å². The summed E-state index contributed by atoms with van der Waals surface area (Å²) in [6, 6.07) is 0.0325. The van der Waals surface area contributed by atoms with Crippen molar-refractivity contribution in [2.75, 3.05) is 31.5 Å². The molecule has 1 aromatic carbocycles. The number of anilines is 1. The number of nitrogens with one attached hydrogen (secondary N) is 2. The molecular formula is C26H42BF3N6O5. The van der Waals surface area contributed by atoms with E-state index in [2.05, 4.69) is 10.6 Å². The predicted octanol–water partition coefficient (Wildman–Crippen LogP) is 0.0225. The van der Waals surface area contributed by atoms with Gasteiger partial charge in [-0.25, -0.2) is 0 Å². The third-order valence-electron chi connectivity index (χ3n) is 7.23. The summed E-state index contributed by atoms with van der Waals surface area (Å²) in [5.74, 6) is -1.36. The molecule has 1 aliphatic carbocycles. The molecule has 0 aliphatic heterocycles. The molecule has 0 heterocycles. The summed E-state index contributed by atoms with van der Waals surface area (Å²) in [6.45, 7) is 1.12.